The van der Waals surface area contributed by atoms with Gasteiger partial charge in [0.25, 0.3) is 11.8 Å². The van der Waals surface area contributed by atoms with Crippen LogP contribution in [0.15, 0.2) is 36.4 Å². The quantitative estimate of drug-likeness (QED) is 0.578. The minimum absolute atomic E-state index is 0.0303. The number of carbonyl (C=O) groups excluding carboxylic acids is 2. The van der Waals surface area contributed by atoms with Crippen LogP contribution in [0.25, 0.3) is 0 Å². The van der Waals surface area contributed by atoms with E-state index < -0.39 is 40.9 Å². The molecule has 1 aliphatic rings. The van der Waals surface area contributed by atoms with Gasteiger partial charge in [-0.25, -0.2) is 0 Å². The van der Waals surface area contributed by atoms with Gasteiger partial charge in [-0.15, -0.1) is 0 Å². The van der Waals surface area contributed by atoms with Gasteiger partial charge in [0.2, 0.25) is 0 Å². The molecule has 0 radical (unpaired) electrons. The van der Waals surface area contributed by atoms with E-state index in [0.717, 1.165) is 12.8 Å². The lowest BCUT2D eigenvalue weighted by Gasteiger charge is -2.19. The zero-order valence-electron chi connectivity index (χ0n) is 15.7. The van der Waals surface area contributed by atoms with Crippen LogP contribution >= 0.6 is 11.6 Å². The van der Waals surface area contributed by atoms with Crippen molar-refractivity contribution < 1.29 is 35.9 Å². The van der Waals surface area contributed by atoms with Crippen molar-refractivity contribution in [1.29, 1.82) is 0 Å². The Morgan fingerprint density at radius 2 is 1.42 bits per heavy atom. The molecule has 3 rings (SSSR count). The molecule has 1 aliphatic heterocycles. The fraction of sp³-hybridized carbons (Fsp3) is 0.300. The highest BCUT2D eigenvalue weighted by atomic mass is 35.5. The number of hydrogen-bond acceptors (Lipinski definition) is 2. The number of likely N-dealkylation sites (tertiary alicyclic amines) is 1. The SMILES string of the molecule is O=C(Nc1cc(Cl)ccc1C(=O)N1CCCC1)c1cc(C(F)(F)F)cc(C(F)(F)F)c1. The molecule has 0 spiro atoms. The molecule has 0 aromatic heterocycles. The number of benzene rings is 2. The second-order valence-electron chi connectivity index (χ2n) is 6.94. The van der Waals surface area contributed by atoms with Crippen molar-refractivity contribution in [3.8, 4) is 0 Å². The molecule has 2 aromatic carbocycles. The van der Waals surface area contributed by atoms with Gasteiger partial charge in [0, 0.05) is 23.7 Å². The number of anilines is 1. The van der Waals surface area contributed by atoms with Gasteiger partial charge in [0.15, 0.2) is 0 Å². The lowest BCUT2D eigenvalue weighted by molar-refractivity contribution is -0.143. The maximum atomic E-state index is 13.1. The first-order valence-electron chi connectivity index (χ1n) is 9.06. The van der Waals surface area contributed by atoms with Gasteiger partial charge < -0.3 is 10.2 Å². The molecule has 2 amide bonds. The Balaban J connectivity index is 1.98. The Bertz CT molecular complexity index is 981. The molecule has 1 heterocycles. The van der Waals surface area contributed by atoms with Crippen molar-refractivity contribution in [2.75, 3.05) is 18.4 Å². The Hall–Kier alpha value is -2.75. The summed E-state index contributed by atoms with van der Waals surface area (Å²) >= 11 is 5.91. The van der Waals surface area contributed by atoms with E-state index in [1.807, 2.05) is 0 Å². The molecule has 0 bridgehead atoms. The van der Waals surface area contributed by atoms with Crippen LogP contribution in [0.2, 0.25) is 5.02 Å². The van der Waals surface area contributed by atoms with Crippen LogP contribution in [-0.4, -0.2) is 29.8 Å². The summed E-state index contributed by atoms with van der Waals surface area (Å²) in [6.45, 7) is 0.995. The molecule has 0 saturated carbocycles. The van der Waals surface area contributed by atoms with E-state index >= 15 is 0 Å². The van der Waals surface area contributed by atoms with E-state index in [2.05, 4.69) is 5.32 Å². The molecular weight excluding hydrogens is 450 g/mol. The average Bonchev–Trinajstić information content (AvgIpc) is 3.20. The highest BCUT2D eigenvalue weighted by Gasteiger charge is 2.37. The molecule has 166 valence electrons. The average molecular weight is 465 g/mol. The molecule has 2 aromatic rings. The van der Waals surface area contributed by atoms with Crippen molar-refractivity contribution in [2.24, 2.45) is 0 Å². The van der Waals surface area contributed by atoms with Crippen molar-refractivity contribution >= 4 is 29.1 Å². The highest BCUT2D eigenvalue weighted by Crippen LogP contribution is 2.36. The first kappa shape index (κ1) is 22.9. The van der Waals surface area contributed by atoms with Crippen LogP contribution in [0.4, 0.5) is 32.0 Å². The van der Waals surface area contributed by atoms with Gasteiger partial charge in [0.05, 0.1) is 22.4 Å². The van der Waals surface area contributed by atoms with Gasteiger partial charge in [0.1, 0.15) is 0 Å². The van der Waals surface area contributed by atoms with Gasteiger partial charge in [-0.3, -0.25) is 9.59 Å². The minimum Gasteiger partial charge on any atom is -0.339 e. The van der Waals surface area contributed by atoms with Crippen LogP contribution in [0.1, 0.15) is 44.7 Å². The molecule has 1 saturated heterocycles. The standard InChI is InChI=1S/C20H15ClF6N2O2/c21-14-3-4-15(18(31)29-5-1-2-6-29)16(10-14)28-17(30)11-7-12(19(22,23)24)9-13(8-11)20(25,26)27/h3-4,7-10H,1-2,5-6H2,(H,28,30). The van der Waals surface area contributed by atoms with Crippen molar-refractivity contribution in [3.05, 3.63) is 63.7 Å². The fourth-order valence-electron chi connectivity index (χ4n) is 3.18. The number of alkyl halides is 6. The van der Waals surface area contributed by atoms with Gasteiger partial charge in [-0.1, -0.05) is 11.6 Å². The zero-order valence-corrected chi connectivity index (χ0v) is 16.5. The summed E-state index contributed by atoms with van der Waals surface area (Å²) < 4.78 is 78.3. The zero-order chi connectivity index (χ0) is 23.0. The van der Waals surface area contributed by atoms with Crippen LogP contribution in [0.5, 0.6) is 0 Å². The maximum Gasteiger partial charge on any atom is 0.416 e. The van der Waals surface area contributed by atoms with Crippen LogP contribution in [0.3, 0.4) is 0 Å². The Morgan fingerprint density at radius 3 is 1.94 bits per heavy atom. The molecule has 11 heteroatoms. The molecule has 31 heavy (non-hydrogen) atoms. The number of hydrogen-bond donors (Lipinski definition) is 1. The third-order valence-electron chi connectivity index (χ3n) is 4.70. The van der Waals surface area contributed by atoms with Crippen LogP contribution in [-0.2, 0) is 12.4 Å². The first-order valence-corrected chi connectivity index (χ1v) is 9.44. The fourth-order valence-corrected chi connectivity index (χ4v) is 3.35. The maximum absolute atomic E-state index is 13.1. The Labute approximate surface area is 177 Å². The lowest BCUT2D eigenvalue weighted by Crippen LogP contribution is -2.29. The van der Waals surface area contributed by atoms with Crippen molar-refractivity contribution in [3.63, 3.8) is 0 Å². The summed E-state index contributed by atoms with van der Waals surface area (Å²) in [5.74, 6) is -1.67. The number of amides is 2. The molecule has 1 fully saturated rings. The van der Waals surface area contributed by atoms with Crippen molar-refractivity contribution in [1.82, 2.24) is 4.90 Å². The van der Waals surface area contributed by atoms with E-state index in [0.29, 0.717) is 25.2 Å². The number of nitrogens with zero attached hydrogens (tertiary/aromatic N) is 1. The summed E-state index contributed by atoms with van der Waals surface area (Å²) in [6, 6.07) is 4.51. The van der Waals surface area contributed by atoms with Crippen LogP contribution < -0.4 is 5.32 Å². The largest absolute Gasteiger partial charge is 0.416 e. The van der Waals surface area contributed by atoms with E-state index in [4.69, 9.17) is 11.6 Å². The molecular formula is C20H15ClF6N2O2. The normalized spacial score (nSPS) is 14.6. The number of nitrogens with one attached hydrogen (secondary N) is 1. The third-order valence-corrected chi connectivity index (χ3v) is 4.94. The van der Waals surface area contributed by atoms with E-state index in [-0.39, 0.29) is 22.3 Å². The molecule has 1 N–H and O–H groups in total. The summed E-state index contributed by atoms with van der Waals surface area (Å²) in [7, 11) is 0. The lowest BCUT2D eigenvalue weighted by atomic mass is 10.0. The molecule has 0 aliphatic carbocycles. The topological polar surface area (TPSA) is 49.4 Å². The third kappa shape index (κ3) is 5.30. The summed E-state index contributed by atoms with van der Waals surface area (Å²) in [4.78, 5) is 26.8. The second-order valence-corrected chi connectivity index (χ2v) is 7.37. The highest BCUT2D eigenvalue weighted by molar-refractivity contribution is 6.31. The van der Waals surface area contributed by atoms with Gasteiger partial charge >= 0.3 is 12.4 Å². The Kier molecular flexibility index (Phi) is 6.22. The van der Waals surface area contributed by atoms with E-state index in [1.165, 1.54) is 23.1 Å². The predicted octanol–water partition coefficient (Wildman–Crippen LogP) is 5.87. The predicted molar refractivity (Wildman–Crippen MR) is 101 cm³/mol. The van der Waals surface area contributed by atoms with Crippen molar-refractivity contribution in [2.45, 2.75) is 25.2 Å². The number of halogens is 7. The molecule has 0 unspecified atom stereocenters. The molecule has 0 atom stereocenters. The second kappa shape index (κ2) is 8.41. The summed E-state index contributed by atoms with van der Waals surface area (Å²) in [5, 5.41) is 2.34. The van der Waals surface area contributed by atoms with Gasteiger partial charge in [-0.2, -0.15) is 26.3 Å². The molecule has 4 nitrogen and oxygen atoms in total. The summed E-state index contributed by atoms with van der Waals surface area (Å²) in [5.41, 5.74) is -4.18. The number of carbonyl (C=O) groups is 2. The Morgan fingerprint density at radius 1 is 0.871 bits per heavy atom. The summed E-state index contributed by atoms with van der Waals surface area (Å²) in [6.07, 6.45) is -8.59. The smallest absolute Gasteiger partial charge is 0.339 e. The number of rotatable bonds is 3. The first-order chi connectivity index (χ1) is 14.4. The monoisotopic (exact) mass is 464 g/mol. The van der Waals surface area contributed by atoms with Crippen LogP contribution in [0, 0.1) is 0 Å². The van der Waals surface area contributed by atoms with E-state index in [1.54, 1.807) is 0 Å². The van der Waals surface area contributed by atoms with E-state index in [9.17, 15) is 35.9 Å². The minimum atomic E-state index is -5.09. The van der Waals surface area contributed by atoms with Gasteiger partial charge in [-0.05, 0) is 49.2 Å².